The molecule has 0 spiro atoms. The number of esters is 1. The Morgan fingerprint density at radius 3 is 2.52 bits per heavy atom. The molecule has 3 rings (SSSR count). The molecule has 1 amide bonds. The van der Waals surface area contributed by atoms with E-state index in [0.717, 1.165) is 26.0 Å². The lowest BCUT2D eigenvalue weighted by Gasteiger charge is -2.12. The van der Waals surface area contributed by atoms with E-state index in [0.29, 0.717) is 28.7 Å². The molecule has 0 aliphatic heterocycles. The smallest absolute Gasteiger partial charge is 0.341 e. The first kappa shape index (κ1) is 24.5. The number of nitrogens with one attached hydrogen (secondary N) is 1. The Kier molecular flexibility index (Phi) is 8.30. The highest BCUT2D eigenvalue weighted by Gasteiger charge is 2.24. The van der Waals surface area contributed by atoms with E-state index in [1.807, 2.05) is 50.2 Å². The number of carbonyl (C=O) groups is 2. The van der Waals surface area contributed by atoms with E-state index in [4.69, 9.17) is 14.2 Å². The molecule has 33 heavy (non-hydrogen) atoms. The minimum Gasteiger partial charge on any atom is -0.493 e. The van der Waals surface area contributed by atoms with Crippen LogP contribution >= 0.6 is 27.3 Å². The van der Waals surface area contributed by atoms with Crippen molar-refractivity contribution in [2.24, 2.45) is 0 Å². The number of halogens is 1. The molecule has 0 aliphatic carbocycles. The quantitative estimate of drug-likeness (QED) is 0.272. The monoisotopic (exact) mass is 529 g/mol. The highest BCUT2D eigenvalue weighted by molar-refractivity contribution is 9.10. The fourth-order valence-electron chi connectivity index (χ4n) is 3.33. The summed E-state index contributed by atoms with van der Waals surface area (Å²) >= 11 is 4.81. The van der Waals surface area contributed by atoms with Gasteiger partial charge in [-0.1, -0.05) is 30.3 Å². The van der Waals surface area contributed by atoms with Gasteiger partial charge in [0.2, 0.25) is 5.91 Å². The number of thiophene rings is 1. The van der Waals surface area contributed by atoms with Crippen molar-refractivity contribution < 1.29 is 23.8 Å². The van der Waals surface area contributed by atoms with Crippen LogP contribution in [0.1, 0.15) is 27.7 Å². The van der Waals surface area contributed by atoms with Crippen LogP contribution in [0.15, 0.2) is 53.0 Å². The lowest BCUT2D eigenvalue weighted by molar-refractivity contribution is -0.111. The maximum absolute atomic E-state index is 12.7. The first-order valence-electron chi connectivity index (χ1n) is 10.2. The molecule has 6 nitrogen and oxygen atoms in total. The van der Waals surface area contributed by atoms with E-state index in [-0.39, 0.29) is 5.91 Å². The third kappa shape index (κ3) is 5.64. The number of benzene rings is 2. The normalized spacial score (nSPS) is 10.8. The van der Waals surface area contributed by atoms with Crippen LogP contribution in [0.25, 0.3) is 17.2 Å². The first-order valence-corrected chi connectivity index (χ1v) is 11.8. The average molecular weight is 530 g/mol. The molecule has 2 aromatic carbocycles. The maximum atomic E-state index is 12.7. The Hall–Kier alpha value is -3.10. The summed E-state index contributed by atoms with van der Waals surface area (Å²) in [6.45, 7) is 4.30. The highest BCUT2D eigenvalue weighted by atomic mass is 79.9. The molecular weight excluding hydrogens is 506 g/mol. The number of hydrogen-bond donors (Lipinski definition) is 1. The number of aryl methyl sites for hydroxylation is 1. The number of ether oxygens (including phenoxy) is 3. The molecule has 0 saturated carbocycles. The minimum absolute atomic E-state index is 0.346. The number of anilines is 1. The minimum atomic E-state index is -0.502. The Morgan fingerprint density at radius 2 is 1.88 bits per heavy atom. The van der Waals surface area contributed by atoms with Gasteiger partial charge >= 0.3 is 5.97 Å². The van der Waals surface area contributed by atoms with Crippen LogP contribution in [0.5, 0.6) is 11.5 Å². The van der Waals surface area contributed by atoms with Crippen LogP contribution in [0.4, 0.5) is 5.00 Å². The topological polar surface area (TPSA) is 73.9 Å². The van der Waals surface area contributed by atoms with Crippen LogP contribution in [0.3, 0.4) is 0 Å². The molecule has 172 valence electrons. The Morgan fingerprint density at radius 1 is 1.15 bits per heavy atom. The summed E-state index contributed by atoms with van der Waals surface area (Å²) in [5.41, 5.74) is 2.73. The maximum Gasteiger partial charge on any atom is 0.341 e. The van der Waals surface area contributed by atoms with Gasteiger partial charge in [0.1, 0.15) is 10.6 Å². The molecule has 0 aliphatic rings. The molecule has 1 aromatic heterocycles. The number of amides is 1. The molecule has 0 radical (unpaired) electrons. The van der Waals surface area contributed by atoms with Gasteiger partial charge in [-0.2, -0.15) is 0 Å². The number of hydrogen-bond acceptors (Lipinski definition) is 6. The van der Waals surface area contributed by atoms with Gasteiger partial charge in [0.25, 0.3) is 0 Å². The average Bonchev–Trinajstić information content (AvgIpc) is 3.14. The van der Waals surface area contributed by atoms with E-state index in [1.54, 1.807) is 19.3 Å². The van der Waals surface area contributed by atoms with Crippen LogP contribution in [0.2, 0.25) is 0 Å². The third-order valence-electron chi connectivity index (χ3n) is 4.74. The van der Waals surface area contributed by atoms with E-state index in [2.05, 4.69) is 21.2 Å². The van der Waals surface area contributed by atoms with E-state index < -0.39 is 5.97 Å². The van der Waals surface area contributed by atoms with Crippen molar-refractivity contribution >= 4 is 50.2 Å². The summed E-state index contributed by atoms with van der Waals surface area (Å²) in [6, 6.07) is 13.2. The van der Waals surface area contributed by atoms with Crippen molar-refractivity contribution in [2.45, 2.75) is 13.8 Å². The summed E-state index contributed by atoms with van der Waals surface area (Å²) in [6.07, 6.45) is 3.06. The highest BCUT2D eigenvalue weighted by Crippen LogP contribution is 2.40. The molecule has 0 atom stereocenters. The van der Waals surface area contributed by atoms with Gasteiger partial charge in [0.15, 0.2) is 11.5 Å². The van der Waals surface area contributed by atoms with Gasteiger partial charge in [-0.15, -0.1) is 11.3 Å². The van der Waals surface area contributed by atoms with Crippen molar-refractivity contribution in [1.82, 2.24) is 0 Å². The molecule has 3 aromatic rings. The summed E-state index contributed by atoms with van der Waals surface area (Å²) in [4.78, 5) is 26.2. The third-order valence-corrected chi connectivity index (χ3v) is 6.35. The zero-order valence-electron chi connectivity index (χ0n) is 18.7. The largest absolute Gasteiger partial charge is 0.493 e. The fraction of sp³-hybridized carbons (Fsp3) is 0.200. The van der Waals surface area contributed by atoms with Gasteiger partial charge < -0.3 is 19.5 Å². The van der Waals surface area contributed by atoms with Crippen LogP contribution in [0, 0.1) is 6.92 Å². The summed E-state index contributed by atoms with van der Waals surface area (Å²) < 4.78 is 16.7. The first-order chi connectivity index (χ1) is 15.9. The fourth-order valence-corrected chi connectivity index (χ4v) is 4.97. The predicted molar refractivity (Wildman–Crippen MR) is 135 cm³/mol. The molecule has 0 bridgehead atoms. The van der Waals surface area contributed by atoms with E-state index >= 15 is 0 Å². The van der Waals surface area contributed by atoms with Gasteiger partial charge in [0, 0.05) is 16.5 Å². The van der Waals surface area contributed by atoms with Gasteiger partial charge in [-0.3, -0.25) is 4.79 Å². The molecular formula is C25H24BrNO5S. The second kappa shape index (κ2) is 11.2. The van der Waals surface area contributed by atoms with Crippen LogP contribution in [-0.2, 0) is 9.53 Å². The van der Waals surface area contributed by atoms with Crippen LogP contribution < -0.4 is 14.8 Å². The molecule has 8 heteroatoms. The Bertz CT molecular complexity index is 1190. The van der Waals surface area contributed by atoms with Gasteiger partial charge in [-0.25, -0.2) is 4.79 Å². The molecule has 1 N–H and O–H groups in total. The summed E-state index contributed by atoms with van der Waals surface area (Å²) in [5.74, 6) is 0.287. The Balaban J connectivity index is 1.89. The molecule has 0 fully saturated rings. The van der Waals surface area contributed by atoms with Crippen molar-refractivity contribution in [1.29, 1.82) is 0 Å². The number of rotatable bonds is 8. The standard InChI is InChI=1S/C25H24BrNO5S/c1-5-32-23-18(26)13-16(14-19(23)30-3)11-12-20(28)27-24-22(25(29)31-4)21(15(2)33-24)17-9-7-6-8-10-17/h6-14H,5H2,1-4H3,(H,27,28)/b12-11+. The van der Waals surface area contributed by atoms with Crippen molar-refractivity contribution in [3.8, 4) is 22.6 Å². The number of methoxy groups -OCH3 is 2. The van der Waals surface area contributed by atoms with Gasteiger partial charge in [-0.05, 0) is 59.1 Å². The second-order valence-electron chi connectivity index (χ2n) is 6.88. The molecule has 0 unspecified atom stereocenters. The van der Waals surface area contributed by atoms with Crippen molar-refractivity contribution in [3.63, 3.8) is 0 Å². The van der Waals surface area contributed by atoms with Crippen molar-refractivity contribution in [3.05, 3.63) is 69.0 Å². The van der Waals surface area contributed by atoms with E-state index in [1.165, 1.54) is 24.5 Å². The van der Waals surface area contributed by atoms with Crippen LogP contribution in [-0.4, -0.2) is 32.7 Å². The van der Waals surface area contributed by atoms with Gasteiger partial charge in [0.05, 0.1) is 25.3 Å². The molecule has 1 heterocycles. The van der Waals surface area contributed by atoms with E-state index in [9.17, 15) is 9.59 Å². The predicted octanol–water partition coefficient (Wildman–Crippen LogP) is 6.33. The zero-order valence-corrected chi connectivity index (χ0v) is 21.1. The zero-order chi connectivity index (χ0) is 24.0. The second-order valence-corrected chi connectivity index (χ2v) is 8.96. The van der Waals surface area contributed by atoms with Crippen molar-refractivity contribution in [2.75, 3.05) is 26.1 Å². The number of carbonyl (C=O) groups excluding carboxylic acids is 2. The SMILES string of the molecule is CCOc1c(Br)cc(/C=C/C(=O)Nc2sc(C)c(-c3ccccc3)c2C(=O)OC)cc1OC. The summed E-state index contributed by atoms with van der Waals surface area (Å²) in [7, 11) is 2.88. The lowest BCUT2D eigenvalue weighted by atomic mass is 10.0. The Labute approximate surface area is 205 Å². The lowest BCUT2D eigenvalue weighted by Crippen LogP contribution is -2.11. The molecule has 0 saturated heterocycles. The summed E-state index contributed by atoms with van der Waals surface area (Å²) in [5, 5.41) is 3.27.